The van der Waals surface area contributed by atoms with Gasteiger partial charge in [0.1, 0.15) is 0 Å². The molecule has 0 aromatic rings. The Balaban J connectivity index is 0.000000262. The molecule has 5 N–H and O–H groups in total. The van der Waals surface area contributed by atoms with E-state index in [1.165, 1.54) is 0 Å². The molecule has 1 aliphatic rings. The minimum absolute atomic E-state index is 0.473. The second kappa shape index (κ2) is 7.95. The van der Waals surface area contributed by atoms with Crippen molar-refractivity contribution in [3.8, 4) is 0 Å². The van der Waals surface area contributed by atoms with E-state index < -0.39 is 11.9 Å². The van der Waals surface area contributed by atoms with E-state index in [0.717, 1.165) is 25.9 Å². The number of nitrogens with one attached hydrogen (secondary N) is 1. The van der Waals surface area contributed by atoms with E-state index in [1.54, 1.807) is 0 Å². The number of carboxylic acid groups (broad SMARTS) is 2. The van der Waals surface area contributed by atoms with Crippen molar-refractivity contribution in [2.45, 2.75) is 18.9 Å². The zero-order valence-electron chi connectivity index (χ0n) is 8.35. The molecule has 0 aromatic heterocycles. The van der Waals surface area contributed by atoms with Gasteiger partial charge in [0.15, 0.2) is 0 Å². The van der Waals surface area contributed by atoms with Crippen LogP contribution in [0.2, 0.25) is 0 Å². The van der Waals surface area contributed by atoms with Crippen LogP contribution in [0.15, 0.2) is 12.2 Å². The fourth-order valence-electron chi connectivity index (χ4n) is 0.987. The SMILES string of the molecule is NC1CCNCC1.O=C(O)/C=C/C(=O)O. The third-order valence-corrected chi connectivity index (χ3v) is 1.75. The maximum absolute atomic E-state index is 9.55. The van der Waals surface area contributed by atoms with Crippen LogP contribution >= 0.6 is 0 Å². The van der Waals surface area contributed by atoms with Gasteiger partial charge >= 0.3 is 11.9 Å². The van der Waals surface area contributed by atoms with Crippen LogP contribution in [0, 0.1) is 0 Å². The molecule has 86 valence electrons. The number of nitrogens with two attached hydrogens (primary N) is 1. The standard InChI is InChI=1S/C5H12N2.C4H4O4/c6-5-1-3-7-4-2-5;5-3(6)1-2-4(7)8/h5,7H,1-4,6H2;1-2H,(H,5,6)(H,7,8)/b;2-1+. The van der Waals surface area contributed by atoms with Crippen molar-refractivity contribution >= 4 is 11.9 Å². The summed E-state index contributed by atoms with van der Waals surface area (Å²) in [4.78, 5) is 19.1. The van der Waals surface area contributed by atoms with Crippen molar-refractivity contribution in [1.82, 2.24) is 5.32 Å². The van der Waals surface area contributed by atoms with Crippen molar-refractivity contribution < 1.29 is 19.8 Å². The molecule has 0 bridgehead atoms. The summed E-state index contributed by atoms with van der Waals surface area (Å²) < 4.78 is 0. The Morgan fingerprint density at radius 1 is 1.13 bits per heavy atom. The van der Waals surface area contributed by atoms with E-state index in [1.807, 2.05) is 0 Å². The van der Waals surface area contributed by atoms with Gasteiger partial charge < -0.3 is 21.3 Å². The van der Waals surface area contributed by atoms with Crippen LogP contribution in [0.1, 0.15) is 12.8 Å². The topological polar surface area (TPSA) is 113 Å². The molecule has 0 aromatic carbocycles. The van der Waals surface area contributed by atoms with Crippen LogP contribution in [0.3, 0.4) is 0 Å². The molecule has 15 heavy (non-hydrogen) atoms. The van der Waals surface area contributed by atoms with E-state index in [9.17, 15) is 9.59 Å². The van der Waals surface area contributed by atoms with Crippen LogP contribution < -0.4 is 11.1 Å². The predicted molar refractivity (Wildman–Crippen MR) is 54.5 cm³/mol. The second-order valence-electron chi connectivity index (χ2n) is 3.10. The summed E-state index contributed by atoms with van der Waals surface area (Å²) in [6, 6.07) is 0.473. The number of hydrogen-bond donors (Lipinski definition) is 4. The Morgan fingerprint density at radius 3 is 1.73 bits per heavy atom. The zero-order valence-corrected chi connectivity index (χ0v) is 8.35. The first-order chi connectivity index (χ1) is 7.02. The quantitative estimate of drug-likeness (QED) is 0.459. The molecule has 6 heteroatoms. The van der Waals surface area contributed by atoms with Crippen LogP contribution in [0.25, 0.3) is 0 Å². The number of hydrogen-bond acceptors (Lipinski definition) is 4. The first kappa shape index (κ1) is 13.6. The highest BCUT2D eigenvalue weighted by Gasteiger charge is 2.05. The van der Waals surface area contributed by atoms with Crippen LogP contribution in [0.5, 0.6) is 0 Å². The van der Waals surface area contributed by atoms with Crippen molar-refractivity contribution in [2.24, 2.45) is 5.73 Å². The smallest absolute Gasteiger partial charge is 0.328 e. The number of carbonyl (C=O) groups is 2. The minimum Gasteiger partial charge on any atom is -0.478 e. The summed E-state index contributed by atoms with van der Waals surface area (Å²) in [5.41, 5.74) is 5.59. The Kier molecular flexibility index (Phi) is 7.21. The lowest BCUT2D eigenvalue weighted by molar-refractivity contribution is -0.134. The Morgan fingerprint density at radius 2 is 1.53 bits per heavy atom. The third-order valence-electron chi connectivity index (χ3n) is 1.75. The average molecular weight is 216 g/mol. The van der Waals surface area contributed by atoms with E-state index in [2.05, 4.69) is 5.32 Å². The van der Waals surface area contributed by atoms with Gasteiger partial charge in [0, 0.05) is 18.2 Å². The highest BCUT2D eigenvalue weighted by Crippen LogP contribution is 1.96. The fourth-order valence-corrected chi connectivity index (χ4v) is 0.987. The number of aliphatic carboxylic acids is 2. The monoisotopic (exact) mass is 216 g/mol. The molecule has 6 nitrogen and oxygen atoms in total. The van der Waals surface area contributed by atoms with Crippen LogP contribution in [0.4, 0.5) is 0 Å². The van der Waals surface area contributed by atoms with E-state index in [-0.39, 0.29) is 0 Å². The van der Waals surface area contributed by atoms with E-state index in [4.69, 9.17) is 15.9 Å². The molecule has 0 radical (unpaired) electrons. The zero-order chi connectivity index (χ0) is 11.7. The Bertz CT molecular complexity index is 218. The molecule has 1 rings (SSSR count). The Hall–Kier alpha value is -1.40. The molecule has 0 amide bonds. The largest absolute Gasteiger partial charge is 0.478 e. The highest BCUT2D eigenvalue weighted by atomic mass is 16.4. The number of rotatable bonds is 2. The molecule has 0 aliphatic carbocycles. The fraction of sp³-hybridized carbons (Fsp3) is 0.556. The minimum atomic E-state index is -1.26. The van der Waals surface area contributed by atoms with Gasteiger partial charge in [-0.15, -0.1) is 0 Å². The van der Waals surface area contributed by atoms with E-state index >= 15 is 0 Å². The number of piperidine rings is 1. The summed E-state index contributed by atoms with van der Waals surface area (Å²) in [6.45, 7) is 2.22. The predicted octanol–water partition coefficient (Wildman–Crippen LogP) is -0.591. The Labute approximate surface area is 87.8 Å². The van der Waals surface area contributed by atoms with Crippen molar-refractivity contribution in [2.75, 3.05) is 13.1 Å². The first-order valence-corrected chi connectivity index (χ1v) is 4.62. The molecule has 0 atom stereocenters. The van der Waals surface area contributed by atoms with Gasteiger partial charge in [0.25, 0.3) is 0 Å². The second-order valence-corrected chi connectivity index (χ2v) is 3.10. The maximum Gasteiger partial charge on any atom is 0.328 e. The molecule has 1 aliphatic heterocycles. The summed E-state index contributed by atoms with van der Waals surface area (Å²) in [5, 5.41) is 18.9. The third kappa shape index (κ3) is 10.5. The van der Waals surface area contributed by atoms with Crippen LogP contribution in [-0.2, 0) is 9.59 Å². The molecule has 0 unspecified atom stereocenters. The van der Waals surface area contributed by atoms with Gasteiger partial charge in [-0.05, 0) is 25.9 Å². The lowest BCUT2D eigenvalue weighted by Crippen LogP contribution is -2.35. The molecule has 0 spiro atoms. The van der Waals surface area contributed by atoms with Crippen LogP contribution in [-0.4, -0.2) is 41.3 Å². The highest BCUT2D eigenvalue weighted by molar-refractivity contribution is 5.89. The van der Waals surface area contributed by atoms with Gasteiger partial charge in [0.2, 0.25) is 0 Å². The van der Waals surface area contributed by atoms with Gasteiger partial charge in [-0.25, -0.2) is 9.59 Å². The van der Waals surface area contributed by atoms with Gasteiger partial charge in [-0.1, -0.05) is 0 Å². The maximum atomic E-state index is 9.55. The van der Waals surface area contributed by atoms with Gasteiger partial charge in [0.05, 0.1) is 0 Å². The first-order valence-electron chi connectivity index (χ1n) is 4.62. The molecular weight excluding hydrogens is 200 g/mol. The molecule has 1 heterocycles. The molecule has 1 fully saturated rings. The van der Waals surface area contributed by atoms with Gasteiger partial charge in [-0.2, -0.15) is 0 Å². The lowest BCUT2D eigenvalue weighted by Gasteiger charge is -2.17. The lowest BCUT2D eigenvalue weighted by atomic mass is 10.1. The summed E-state index contributed by atoms with van der Waals surface area (Å²) in [7, 11) is 0. The molecule has 1 saturated heterocycles. The average Bonchev–Trinajstić information content (AvgIpc) is 2.17. The van der Waals surface area contributed by atoms with E-state index in [0.29, 0.717) is 18.2 Å². The normalized spacial score (nSPS) is 16.9. The number of carboxylic acids is 2. The molecular formula is C9H16N2O4. The molecule has 0 saturated carbocycles. The summed E-state index contributed by atoms with van der Waals surface area (Å²) in [5.74, 6) is -2.51. The van der Waals surface area contributed by atoms with Crippen molar-refractivity contribution in [3.05, 3.63) is 12.2 Å². The summed E-state index contributed by atoms with van der Waals surface area (Å²) >= 11 is 0. The summed E-state index contributed by atoms with van der Waals surface area (Å²) in [6.07, 6.45) is 3.42. The van der Waals surface area contributed by atoms with Gasteiger partial charge in [-0.3, -0.25) is 0 Å². The van der Waals surface area contributed by atoms with Crippen molar-refractivity contribution in [3.63, 3.8) is 0 Å². The van der Waals surface area contributed by atoms with Crippen molar-refractivity contribution in [1.29, 1.82) is 0 Å².